The fraction of sp³-hybridized carbons (Fsp3) is 0.765. The third-order valence-corrected chi connectivity index (χ3v) is 14.8. The molecular weight excluding hydrogens is 991 g/mol. The molecule has 8 unspecified atom stereocenters. The molecule has 0 aromatic rings. The maximum Gasteiger partial charge on any atom is 0.306 e. The lowest BCUT2D eigenvalue weighted by Crippen LogP contribution is -2.61. The van der Waals surface area contributed by atoms with Gasteiger partial charge in [-0.3, -0.25) is 9.59 Å². The van der Waals surface area contributed by atoms with Crippen LogP contribution in [0.4, 0.5) is 0 Å². The van der Waals surface area contributed by atoms with Gasteiger partial charge in [0.1, 0.15) is 24.4 Å². The van der Waals surface area contributed by atoms with Crippen molar-refractivity contribution in [2.75, 3.05) is 13.2 Å². The Morgan fingerprint density at radius 2 is 0.911 bits per heavy atom. The monoisotopic (exact) mass is 1110 g/mol. The molecule has 456 valence electrons. The number of carbonyl (C=O) groups excluding carboxylic acids is 2. The van der Waals surface area contributed by atoms with Gasteiger partial charge in [0.25, 0.3) is 0 Å². The van der Waals surface area contributed by atoms with Crippen molar-refractivity contribution >= 4 is 11.9 Å². The van der Waals surface area contributed by atoms with Gasteiger partial charge in [0.15, 0.2) is 12.4 Å². The number of aliphatic hydroxyl groups excluding tert-OH is 5. The van der Waals surface area contributed by atoms with E-state index in [1.807, 2.05) is 6.08 Å². The van der Waals surface area contributed by atoms with Crippen LogP contribution in [0.3, 0.4) is 0 Å². The van der Waals surface area contributed by atoms with E-state index in [0.29, 0.717) is 19.3 Å². The van der Waals surface area contributed by atoms with Gasteiger partial charge in [-0.1, -0.05) is 273 Å². The summed E-state index contributed by atoms with van der Waals surface area (Å²) in [5.41, 5.74) is 0. The fourth-order valence-corrected chi connectivity index (χ4v) is 9.71. The molecule has 1 rings (SSSR count). The number of hydrogen-bond donors (Lipinski definition) is 6. The molecule has 0 aliphatic carbocycles. The van der Waals surface area contributed by atoms with Crippen molar-refractivity contribution in [1.82, 2.24) is 5.32 Å². The van der Waals surface area contributed by atoms with Crippen molar-refractivity contribution in [2.45, 2.75) is 320 Å². The highest BCUT2D eigenvalue weighted by molar-refractivity contribution is 5.80. The molecule has 1 aliphatic rings. The van der Waals surface area contributed by atoms with Gasteiger partial charge in [-0.25, -0.2) is 0 Å². The highest BCUT2D eigenvalue weighted by Gasteiger charge is 2.47. The number of amides is 1. The number of carbonyl (C=O) groups is 2. The first-order valence-corrected chi connectivity index (χ1v) is 32.4. The Morgan fingerprint density at radius 1 is 0.506 bits per heavy atom. The van der Waals surface area contributed by atoms with E-state index in [4.69, 9.17) is 14.2 Å². The van der Waals surface area contributed by atoms with Gasteiger partial charge in [0.05, 0.1) is 25.4 Å². The number of nitrogens with one attached hydrogen (secondary N) is 1. The van der Waals surface area contributed by atoms with E-state index in [2.05, 4.69) is 99.0 Å². The summed E-state index contributed by atoms with van der Waals surface area (Å²) >= 11 is 0. The largest absolute Gasteiger partial charge is 0.454 e. The zero-order valence-electron chi connectivity index (χ0n) is 50.5. The second-order valence-electron chi connectivity index (χ2n) is 22.1. The van der Waals surface area contributed by atoms with Gasteiger partial charge < -0.3 is 45.1 Å². The van der Waals surface area contributed by atoms with Crippen LogP contribution < -0.4 is 5.32 Å². The average molecular weight is 1110 g/mol. The topological polar surface area (TPSA) is 175 Å². The molecule has 1 aliphatic heterocycles. The van der Waals surface area contributed by atoms with Crippen molar-refractivity contribution in [1.29, 1.82) is 0 Å². The summed E-state index contributed by atoms with van der Waals surface area (Å²) in [6, 6.07) is -1.03. The minimum absolute atomic E-state index is 0.104. The van der Waals surface area contributed by atoms with Crippen LogP contribution >= 0.6 is 0 Å². The Labute approximate surface area is 483 Å². The highest BCUT2D eigenvalue weighted by Crippen LogP contribution is 2.26. The summed E-state index contributed by atoms with van der Waals surface area (Å²) in [7, 11) is 0. The molecule has 1 heterocycles. The molecule has 1 amide bonds. The van der Waals surface area contributed by atoms with Crippen molar-refractivity contribution in [3.05, 3.63) is 85.1 Å². The summed E-state index contributed by atoms with van der Waals surface area (Å²) < 4.78 is 17.6. The standard InChI is InChI=1S/C68H119NO10/c1-4-7-10-13-16-19-22-25-26-27-28-29-30-31-32-33-34-35-36-38-41-44-47-50-53-56-63(73)79-66-65(75)64(74)62(57-70)78-68(66)77-58-59(60(71)54-51-48-45-42-39-24-21-18-15-12-9-6-3)69-67(76)61(72)55-52-49-46-43-40-37-23-20-17-14-11-8-5-2/h7,10,16,19,25-26,28-29,31-32,34-35,51,54,59-62,64-66,68,70-72,74-75H,4-6,8-9,11-15,17-18,20-24,27,30,33,36-50,52-53,55-58H2,1-3H3,(H,69,76)/b10-7-,19-16-,26-25-,29-28-,32-31-,35-34-,54-51+. The number of aliphatic hydroxyl groups is 5. The molecular formula is C68H119NO10. The summed E-state index contributed by atoms with van der Waals surface area (Å²) in [6.07, 6.45) is 61.9. The van der Waals surface area contributed by atoms with E-state index in [1.54, 1.807) is 6.08 Å². The smallest absolute Gasteiger partial charge is 0.306 e. The molecule has 0 saturated carbocycles. The molecule has 79 heavy (non-hydrogen) atoms. The number of rotatable bonds is 54. The number of hydrogen-bond acceptors (Lipinski definition) is 10. The first-order valence-electron chi connectivity index (χ1n) is 32.4. The van der Waals surface area contributed by atoms with Crippen LogP contribution in [0.15, 0.2) is 85.1 Å². The molecule has 11 heteroatoms. The minimum atomic E-state index is -1.62. The molecule has 0 aromatic carbocycles. The Kier molecular flexibility index (Phi) is 51.8. The zero-order valence-corrected chi connectivity index (χ0v) is 50.5. The van der Waals surface area contributed by atoms with Crippen molar-refractivity contribution < 1.29 is 49.3 Å². The number of allylic oxidation sites excluding steroid dienone is 13. The second-order valence-corrected chi connectivity index (χ2v) is 22.1. The lowest BCUT2D eigenvalue weighted by molar-refractivity contribution is -0.305. The molecule has 11 nitrogen and oxygen atoms in total. The van der Waals surface area contributed by atoms with Gasteiger partial charge >= 0.3 is 5.97 Å². The lowest BCUT2D eigenvalue weighted by Gasteiger charge is -2.41. The van der Waals surface area contributed by atoms with E-state index in [-0.39, 0.29) is 13.0 Å². The van der Waals surface area contributed by atoms with E-state index >= 15 is 0 Å². The maximum atomic E-state index is 13.4. The summed E-state index contributed by atoms with van der Waals surface area (Å²) in [5, 5.41) is 57.0. The van der Waals surface area contributed by atoms with Gasteiger partial charge in [-0.15, -0.1) is 0 Å². The average Bonchev–Trinajstić information content (AvgIpc) is 3.49. The number of ether oxygens (including phenoxy) is 3. The quantitative estimate of drug-likeness (QED) is 0.0195. The van der Waals surface area contributed by atoms with Crippen LogP contribution in [0.5, 0.6) is 0 Å². The van der Waals surface area contributed by atoms with Gasteiger partial charge in [-0.05, 0) is 77.0 Å². The summed E-state index contributed by atoms with van der Waals surface area (Å²) in [4.78, 5) is 26.6. The van der Waals surface area contributed by atoms with Crippen LogP contribution in [0.25, 0.3) is 0 Å². The first-order chi connectivity index (χ1) is 38.7. The van der Waals surface area contributed by atoms with Crippen LogP contribution in [-0.4, -0.2) is 99.6 Å². The lowest BCUT2D eigenvalue weighted by atomic mass is 9.99. The molecule has 8 atom stereocenters. The molecule has 0 radical (unpaired) electrons. The third kappa shape index (κ3) is 43.2. The zero-order chi connectivity index (χ0) is 57.5. The third-order valence-electron chi connectivity index (χ3n) is 14.8. The normalized spacial score (nSPS) is 19.4. The highest BCUT2D eigenvalue weighted by atomic mass is 16.7. The Balaban J connectivity index is 2.62. The van der Waals surface area contributed by atoms with Crippen molar-refractivity contribution in [3.63, 3.8) is 0 Å². The van der Waals surface area contributed by atoms with E-state index in [1.165, 1.54) is 109 Å². The Morgan fingerprint density at radius 3 is 1.37 bits per heavy atom. The fourth-order valence-electron chi connectivity index (χ4n) is 9.71. The van der Waals surface area contributed by atoms with Crippen LogP contribution in [0.2, 0.25) is 0 Å². The van der Waals surface area contributed by atoms with Gasteiger partial charge in [0, 0.05) is 6.42 Å². The van der Waals surface area contributed by atoms with Crippen molar-refractivity contribution in [2.24, 2.45) is 0 Å². The van der Waals surface area contributed by atoms with Gasteiger partial charge in [0.2, 0.25) is 5.91 Å². The molecule has 1 fully saturated rings. The minimum Gasteiger partial charge on any atom is -0.454 e. The molecule has 6 N–H and O–H groups in total. The summed E-state index contributed by atoms with van der Waals surface area (Å²) in [6.45, 7) is 5.67. The molecule has 1 saturated heterocycles. The second kappa shape index (κ2) is 55.4. The van der Waals surface area contributed by atoms with Crippen LogP contribution in [0.1, 0.15) is 271 Å². The van der Waals surface area contributed by atoms with E-state index < -0.39 is 67.4 Å². The number of unbranched alkanes of at least 4 members (excludes halogenated alkanes) is 28. The van der Waals surface area contributed by atoms with Gasteiger partial charge in [-0.2, -0.15) is 0 Å². The van der Waals surface area contributed by atoms with Crippen molar-refractivity contribution in [3.8, 4) is 0 Å². The first kappa shape index (κ1) is 73.9. The summed E-state index contributed by atoms with van der Waals surface area (Å²) in [5.74, 6) is -1.21. The van der Waals surface area contributed by atoms with E-state index in [0.717, 1.165) is 116 Å². The molecule has 0 spiro atoms. The molecule has 0 bridgehead atoms. The Hall–Kier alpha value is -3.16. The number of esters is 1. The van der Waals surface area contributed by atoms with Crippen LogP contribution in [-0.2, 0) is 23.8 Å². The Bertz CT molecular complexity index is 1610. The van der Waals surface area contributed by atoms with E-state index in [9.17, 15) is 35.1 Å². The predicted octanol–water partition coefficient (Wildman–Crippen LogP) is 15.7. The van der Waals surface area contributed by atoms with Crippen LogP contribution in [0, 0.1) is 0 Å². The predicted molar refractivity (Wildman–Crippen MR) is 329 cm³/mol. The SMILES string of the molecule is CC/C=C\C/C=C\C/C=C\C/C=C\C/C=C\C/C=C\CCCCCCCCC(=O)OC1C(OCC(NC(=O)C(O)CCCCCCCCCCCCCCC)C(O)/C=C/CCCCCCCCCCCC)OC(CO)C(O)C1O. The maximum absolute atomic E-state index is 13.4. The molecule has 0 aromatic heterocycles.